The molecule has 0 aliphatic carbocycles. The molecule has 4 aromatic carbocycles. The molecule has 4 rings (SSSR count). The fraction of sp³-hybridized carbons (Fsp3) is 0.231. The molecule has 0 saturated carbocycles. The second-order valence-corrected chi connectivity index (χ2v) is 8.06. The van der Waals surface area contributed by atoms with Crippen LogP contribution in [0.25, 0.3) is 21.5 Å². The Hall–Kier alpha value is -3.00. The molecule has 2 N–H and O–H groups in total. The topological polar surface area (TPSA) is 32.3 Å². The van der Waals surface area contributed by atoms with Crippen molar-refractivity contribution in [1.82, 2.24) is 0 Å². The maximum atomic E-state index is 11.2. The number of nitrogens with one attached hydrogen (secondary N) is 1. The largest absolute Gasteiger partial charge is 0.505 e. The van der Waals surface area contributed by atoms with Gasteiger partial charge in [-0.25, -0.2) is 0 Å². The number of phenols is 1. The number of phenolic OH excluding ortho intramolecular Hbond substituents is 1. The smallest absolute Gasteiger partial charge is 0.147 e. The van der Waals surface area contributed by atoms with Crippen LogP contribution in [0.15, 0.2) is 66.7 Å². The average molecular weight is 370 g/mol. The molecule has 0 fully saturated rings. The third kappa shape index (κ3) is 2.99. The van der Waals surface area contributed by atoms with Gasteiger partial charge in [-0.1, -0.05) is 94.4 Å². The van der Waals surface area contributed by atoms with Crippen LogP contribution in [-0.4, -0.2) is 5.11 Å². The quantitative estimate of drug-likeness (QED) is 0.285. The molecule has 142 valence electrons. The van der Waals surface area contributed by atoms with Crippen LogP contribution in [0.2, 0.25) is 0 Å². The van der Waals surface area contributed by atoms with E-state index < -0.39 is 0 Å². The van der Waals surface area contributed by atoms with Crippen LogP contribution in [0.5, 0.6) is 5.75 Å². The summed E-state index contributed by atoms with van der Waals surface area (Å²) in [6.45, 7) is 8.85. The van der Waals surface area contributed by atoms with E-state index in [1.54, 1.807) is 0 Å². The van der Waals surface area contributed by atoms with Gasteiger partial charge in [0.1, 0.15) is 5.75 Å². The van der Waals surface area contributed by atoms with Gasteiger partial charge in [0.25, 0.3) is 0 Å². The van der Waals surface area contributed by atoms with Crippen molar-refractivity contribution in [3.05, 3.63) is 77.9 Å². The molecule has 0 heterocycles. The molecule has 0 saturated heterocycles. The Kier molecular flexibility index (Phi) is 4.72. The van der Waals surface area contributed by atoms with Crippen molar-refractivity contribution < 1.29 is 5.11 Å². The number of para-hydroxylation sites is 1. The highest BCUT2D eigenvalue weighted by molar-refractivity contribution is 6.17. The summed E-state index contributed by atoms with van der Waals surface area (Å²) >= 11 is 0. The zero-order chi connectivity index (χ0) is 19.8. The first-order valence-electron chi connectivity index (χ1n) is 10.0. The Labute approximate surface area is 166 Å². The predicted molar refractivity (Wildman–Crippen MR) is 121 cm³/mol. The third-order valence-electron chi connectivity index (χ3n) is 5.53. The summed E-state index contributed by atoms with van der Waals surface area (Å²) in [6, 6.07) is 22.8. The normalized spacial score (nSPS) is 11.6. The van der Waals surface area contributed by atoms with E-state index in [1.165, 1.54) is 11.1 Å². The zero-order valence-electron chi connectivity index (χ0n) is 17.0. The van der Waals surface area contributed by atoms with Gasteiger partial charge in [-0.05, 0) is 33.7 Å². The van der Waals surface area contributed by atoms with E-state index >= 15 is 0 Å². The van der Waals surface area contributed by atoms with Gasteiger partial charge in [0.05, 0.1) is 5.69 Å². The first-order chi connectivity index (χ1) is 13.5. The lowest BCUT2D eigenvalue weighted by Gasteiger charge is -2.23. The summed E-state index contributed by atoms with van der Waals surface area (Å²) in [5.74, 6) is 1.08. The van der Waals surface area contributed by atoms with Crippen LogP contribution in [0, 0.1) is 0 Å². The number of hydrogen-bond acceptors (Lipinski definition) is 2. The number of aromatic hydroxyl groups is 1. The summed E-state index contributed by atoms with van der Waals surface area (Å²) in [5, 5.41) is 19.0. The van der Waals surface area contributed by atoms with Crippen LogP contribution in [0.4, 0.5) is 11.4 Å². The van der Waals surface area contributed by atoms with Crippen LogP contribution >= 0.6 is 0 Å². The average Bonchev–Trinajstić information content (AvgIpc) is 2.70. The lowest BCUT2D eigenvalue weighted by Crippen LogP contribution is -2.04. The van der Waals surface area contributed by atoms with E-state index in [2.05, 4.69) is 75.5 Å². The number of fused-ring (bicyclic) bond motifs is 3. The monoisotopic (exact) mass is 369 g/mol. The number of anilines is 2. The third-order valence-corrected chi connectivity index (χ3v) is 5.53. The number of hydrogen-bond donors (Lipinski definition) is 2. The summed E-state index contributed by atoms with van der Waals surface area (Å²) in [7, 11) is 0. The minimum absolute atomic E-state index is 0.308. The molecule has 28 heavy (non-hydrogen) atoms. The van der Waals surface area contributed by atoms with Gasteiger partial charge in [0, 0.05) is 16.5 Å². The molecular weight excluding hydrogens is 342 g/mol. The van der Waals surface area contributed by atoms with E-state index in [9.17, 15) is 5.11 Å². The number of rotatable bonds is 4. The molecule has 0 unspecified atom stereocenters. The fourth-order valence-corrected chi connectivity index (χ4v) is 4.07. The van der Waals surface area contributed by atoms with Crippen molar-refractivity contribution in [3.8, 4) is 5.75 Å². The highest BCUT2D eigenvalue weighted by Crippen LogP contribution is 2.44. The van der Waals surface area contributed by atoms with Gasteiger partial charge in [-0.15, -0.1) is 0 Å². The van der Waals surface area contributed by atoms with Crippen molar-refractivity contribution in [1.29, 1.82) is 0 Å². The van der Waals surface area contributed by atoms with Gasteiger partial charge in [0.2, 0.25) is 0 Å². The molecule has 2 nitrogen and oxygen atoms in total. The van der Waals surface area contributed by atoms with E-state index in [4.69, 9.17) is 0 Å². The van der Waals surface area contributed by atoms with Crippen LogP contribution in [-0.2, 0) is 0 Å². The van der Waals surface area contributed by atoms with Crippen molar-refractivity contribution in [2.45, 2.75) is 39.5 Å². The van der Waals surface area contributed by atoms with E-state index in [1.807, 2.05) is 24.3 Å². The number of benzene rings is 4. The highest BCUT2D eigenvalue weighted by Gasteiger charge is 2.18. The summed E-state index contributed by atoms with van der Waals surface area (Å²) in [4.78, 5) is 0. The summed E-state index contributed by atoms with van der Waals surface area (Å²) < 4.78 is 0. The molecule has 0 bridgehead atoms. The Morgan fingerprint density at radius 3 is 1.57 bits per heavy atom. The van der Waals surface area contributed by atoms with Crippen LogP contribution < -0.4 is 5.32 Å². The molecule has 2 heteroatoms. The first-order valence-corrected chi connectivity index (χ1v) is 10.0. The van der Waals surface area contributed by atoms with Gasteiger partial charge >= 0.3 is 0 Å². The molecule has 0 amide bonds. The molecule has 0 spiro atoms. The van der Waals surface area contributed by atoms with Gasteiger partial charge in [-0.3, -0.25) is 0 Å². The van der Waals surface area contributed by atoms with Crippen molar-refractivity contribution in [3.63, 3.8) is 0 Å². The summed E-state index contributed by atoms with van der Waals surface area (Å²) in [5.41, 5.74) is 4.43. The Bertz CT molecular complexity index is 1130. The Morgan fingerprint density at radius 2 is 1.04 bits per heavy atom. The van der Waals surface area contributed by atoms with E-state index in [0.29, 0.717) is 17.6 Å². The molecule has 0 aliphatic rings. The molecule has 0 aromatic heterocycles. The van der Waals surface area contributed by atoms with Crippen molar-refractivity contribution in [2.75, 3.05) is 5.32 Å². The van der Waals surface area contributed by atoms with E-state index in [-0.39, 0.29) is 0 Å². The lowest BCUT2D eigenvalue weighted by molar-refractivity contribution is 0.484. The first kappa shape index (κ1) is 18.4. The van der Waals surface area contributed by atoms with Crippen molar-refractivity contribution >= 4 is 32.9 Å². The second kappa shape index (κ2) is 7.20. The highest BCUT2D eigenvalue weighted by atomic mass is 16.3. The van der Waals surface area contributed by atoms with Gasteiger partial charge in [-0.2, -0.15) is 0 Å². The standard InChI is InChI=1S/C26H27NO/c1-16(2)18-14-9-15-19(17(3)4)24(18)27-25-22-12-7-5-10-20(22)21-11-6-8-13-23(21)26(25)28/h5-17,27-28H,1-4H3. The van der Waals surface area contributed by atoms with Gasteiger partial charge in [0.15, 0.2) is 0 Å². The SMILES string of the molecule is CC(C)c1cccc(C(C)C)c1Nc1c(O)c2ccccc2c2ccccc12. The summed E-state index contributed by atoms with van der Waals surface area (Å²) in [6.07, 6.45) is 0. The second-order valence-electron chi connectivity index (χ2n) is 8.06. The molecular formula is C26H27NO. The lowest BCUT2D eigenvalue weighted by atomic mass is 9.92. The molecule has 0 atom stereocenters. The minimum atomic E-state index is 0.308. The fourth-order valence-electron chi connectivity index (χ4n) is 4.07. The Balaban J connectivity index is 2.03. The van der Waals surface area contributed by atoms with E-state index in [0.717, 1.165) is 32.9 Å². The van der Waals surface area contributed by atoms with Crippen LogP contribution in [0.3, 0.4) is 0 Å². The molecule has 0 radical (unpaired) electrons. The zero-order valence-corrected chi connectivity index (χ0v) is 17.0. The Morgan fingerprint density at radius 1 is 0.571 bits per heavy atom. The molecule has 0 aliphatic heterocycles. The van der Waals surface area contributed by atoms with Gasteiger partial charge < -0.3 is 10.4 Å². The maximum absolute atomic E-state index is 11.2. The minimum Gasteiger partial charge on any atom is -0.505 e. The van der Waals surface area contributed by atoms with Crippen LogP contribution in [0.1, 0.15) is 50.7 Å². The maximum Gasteiger partial charge on any atom is 0.147 e. The van der Waals surface area contributed by atoms with Crippen molar-refractivity contribution in [2.24, 2.45) is 0 Å². The molecule has 4 aromatic rings. The predicted octanol–water partition coefficient (Wildman–Crippen LogP) is 7.69.